The molecule has 1 heterocycles. The molecule has 1 saturated heterocycles. The number of hydrogen-bond acceptors (Lipinski definition) is 2. The molecule has 0 saturated carbocycles. The van der Waals surface area contributed by atoms with Crippen molar-refractivity contribution in [2.24, 2.45) is 0 Å². The molecule has 0 amide bonds. The van der Waals surface area contributed by atoms with Crippen LogP contribution >= 0.6 is 15.9 Å². The predicted molar refractivity (Wildman–Crippen MR) is 85.4 cm³/mol. The van der Waals surface area contributed by atoms with Gasteiger partial charge in [-0.2, -0.15) is 0 Å². The molecule has 1 atom stereocenters. The lowest BCUT2D eigenvalue weighted by Gasteiger charge is -2.34. The minimum Gasteiger partial charge on any atom is -0.310 e. The summed E-state index contributed by atoms with van der Waals surface area (Å²) in [5, 5.41) is 3.75. The third-order valence-electron chi connectivity index (χ3n) is 4.03. The van der Waals surface area contributed by atoms with Crippen molar-refractivity contribution in [1.82, 2.24) is 10.2 Å². The molecule has 1 aliphatic rings. The van der Waals surface area contributed by atoms with Crippen LogP contribution in [0.2, 0.25) is 0 Å². The van der Waals surface area contributed by atoms with Crippen LogP contribution in [0.3, 0.4) is 0 Å². The molecular weight excluding hydrogens is 300 g/mol. The highest BCUT2D eigenvalue weighted by atomic mass is 79.9. The summed E-state index contributed by atoms with van der Waals surface area (Å²) in [5.74, 6) is 0. The molecule has 2 rings (SSSR count). The third-order valence-corrected chi connectivity index (χ3v) is 4.80. The zero-order valence-electron chi connectivity index (χ0n) is 12.1. The summed E-state index contributed by atoms with van der Waals surface area (Å²) in [4.78, 5) is 2.45. The molecule has 1 N–H and O–H groups in total. The number of halogens is 1. The van der Waals surface area contributed by atoms with E-state index in [-0.39, 0.29) is 0 Å². The van der Waals surface area contributed by atoms with Crippen LogP contribution in [0.5, 0.6) is 0 Å². The maximum atomic E-state index is 3.75. The van der Waals surface area contributed by atoms with E-state index in [0.29, 0.717) is 5.54 Å². The molecule has 1 aromatic carbocycles. The number of nitrogens with one attached hydrogen (secondary N) is 1. The Hall–Kier alpha value is -0.380. The maximum absolute atomic E-state index is 3.75. The largest absolute Gasteiger partial charge is 0.310 e. The summed E-state index contributed by atoms with van der Waals surface area (Å²) < 4.78 is 1.21. The average molecular weight is 325 g/mol. The van der Waals surface area contributed by atoms with Gasteiger partial charge >= 0.3 is 0 Å². The molecule has 1 aliphatic heterocycles. The van der Waals surface area contributed by atoms with Gasteiger partial charge in [0.15, 0.2) is 0 Å². The van der Waals surface area contributed by atoms with E-state index in [9.17, 15) is 0 Å². The lowest BCUT2D eigenvalue weighted by atomic mass is 9.91. The van der Waals surface area contributed by atoms with Crippen LogP contribution in [0, 0.1) is 0 Å². The SMILES string of the molecule is CCCC1(CN(C)Cc2ccccc2Br)CCCN1. The lowest BCUT2D eigenvalue weighted by Crippen LogP contribution is -2.48. The van der Waals surface area contributed by atoms with E-state index in [2.05, 4.69) is 64.4 Å². The van der Waals surface area contributed by atoms with Gasteiger partial charge in [-0.1, -0.05) is 47.5 Å². The first-order chi connectivity index (χ1) is 9.15. The predicted octanol–water partition coefficient (Wildman–Crippen LogP) is 3.80. The molecule has 1 aromatic rings. The minimum absolute atomic E-state index is 0.352. The van der Waals surface area contributed by atoms with Crippen molar-refractivity contribution in [1.29, 1.82) is 0 Å². The first-order valence-corrected chi connectivity index (χ1v) is 8.11. The molecule has 19 heavy (non-hydrogen) atoms. The van der Waals surface area contributed by atoms with Crippen LogP contribution < -0.4 is 5.32 Å². The van der Waals surface area contributed by atoms with Crippen molar-refractivity contribution >= 4 is 15.9 Å². The fourth-order valence-electron chi connectivity index (χ4n) is 3.26. The second-order valence-corrected chi connectivity index (χ2v) is 6.68. The van der Waals surface area contributed by atoms with Gasteiger partial charge in [-0.15, -0.1) is 0 Å². The van der Waals surface area contributed by atoms with Crippen molar-refractivity contribution in [3.05, 3.63) is 34.3 Å². The fraction of sp³-hybridized carbons (Fsp3) is 0.625. The van der Waals surface area contributed by atoms with Gasteiger partial charge in [0, 0.05) is 23.1 Å². The summed E-state index contributed by atoms with van der Waals surface area (Å²) in [6, 6.07) is 8.52. The van der Waals surface area contributed by atoms with E-state index in [1.807, 2.05) is 0 Å². The van der Waals surface area contributed by atoms with Gasteiger partial charge in [-0.25, -0.2) is 0 Å². The van der Waals surface area contributed by atoms with Gasteiger partial charge in [-0.3, -0.25) is 0 Å². The summed E-state index contributed by atoms with van der Waals surface area (Å²) >= 11 is 3.64. The van der Waals surface area contributed by atoms with E-state index in [4.69, 9.17) is 0 Å². The second kappa shape index (κ2) is 6.87. The molecule has 0 radical (unpaired) electrons. The zero-order valence-corrected chi connectivity index (χ0v) is 13.7. The Kier molecular flexibility index (Phi) is 5.43. The molecular formula is C16H25BrN2. The van der Waals surface area contributed by atoms with Crippen molar-refractivity contribution in [3.8, 4) is 0 Å². The Balaban J connectivity index is 1.96. The Labute approximate surface area is 125 Å². The van der Waals surface area contributed by atoms with Crippen LogP contribution in [0.15, 0.2) is 28.7 Å². The number of benzene rings is 1. The van der Waals surface area contributed by atoms with Crippen LogP contribution in [-0.4, -0.2) is 30.6 Å². The molecule has 0 aliphatic carbocycles. The van der Waals surface area contributed by atoms with Gasteiger partial charge in [0.1, 0.15) is 0 Å². The first-order valence-electron chi connectivity index (χ1n) is 7.32. The molecule has 0 bridgehead atoms. The van der Waals surface area contributed by atoms with Crippen LogP contribution in [0.1, 0.15) is 38.2 Å². The highest BCUT2D eigenvalue weighted by molar-refractivity contribution is 9.10. The van der Waals surface area contributed by atoms with E-state index in [1.165, 1.54) is 42.3 Å². The Morgan fingerprint density at radius 1 is 1.37 bits per heavy atom. The first kappa shape index (κ1) is 15.0. The molecule has 0 spiro atoms. The topological polar surface area (TPSA) is 15.3 Å². The Bertz CT molecular complexity index is 399. The van der Waals surface area contributed by atoms with Crippen LogP contribution in [-0.2, 0) is 6.54 Å². The lowest BCUT2D eigenvalue weighted by molar-refractivity contribution is 0.207. The molecule has 1 fully saturated rings. The van der Waals surface area contributed by atoms with E-state index < -0.39 is 0 Å². The van der Waals surface area contributed by atoms with Crippen molar-refractivity contribution in [3.63, 3.8) is 0 Å². The smallest absolute Gasteiger partial charge is 0.0309 e. The quantitative estimate of drug-likeness (QED) is 0.856. The summed E-state index contributed by atoms with van der Waals surface area (Å²) in [5.41, 5.74) is 1.72. The van der Waals surface area contributed by atoms with E-state index >= 15 is 0 Å². The number of hydrogen-bond donors (Lipinski definition) is 1. The number of rotatable bonds is 6. The van der Waals surface area contributed by atoms with Crippen molar-refractivity contribution in [2.75, 3.05) is 20.1 Å². The Morgan fingerprint density at radius 3 is 2.79 bits per heavy atom. The zero-order chi connectivity index (χ0) is 13.7. The molecule has 3 heteroatoms. The maximum Gasteiger partial charge on any atom is 0.0309 e. The van der Waals surface area contributed by atoms with Gasteiger partial charge < -0.3 is 10.2 Å². The third kappa shape index (κ3) is 4.04. The van der Waals surface area contributed by atoms with Gasteiger partial charge in [0.2, 0.25) is 0 Å². The van der Waals surface area contributed by atoms with Crippen LogP contribution in [0.4, 0.5) is 0 Å². The average Bonchev–Trinajstić information content (AvgIpc) is 2.81. The van der Waals surface area contributed by atoms with Crippen molar-refractivity contribution in [2.45, 2.75) is 44.7 Å². The summed E-state index contributed by atoms with van der Waals surface area (Å²) in [6.45, 7) is 5.62. The number of likely N-dealkylation sites (N-methyl/N-ethyl adjacent to an activating group) is 1. The van der Waals surface area contributed by atoms with Gasteiger partial charge in [0.05, 0.1) is 0 Å². The molecule has 2 nitrogen and oxygen atoms in total. The highest BCUT2D eigenvalue weighted by Crippen LogP contribution is 2.26. The summed E-state index contributed by atoms with van der Waals surface area (Å²) in [6.07, 6.45) is 5.19. The minimum atomic E-state index is 0.352. The normalized spacial score (nSPS) is 23.2. The standard InChI is InChI=1S/C16H25BrN2/c1-3-9-16(10-6-11-18-16)13-19(2)12-14-7-4-5-8-15(14)17/h4-5,7-8,18H,3,6,9-13H2,1-2H3. The monoisotopic (exact) mass is 324 g/mol. The molecule has 1 unspecified atom stereocenters. The Morgan fingerprint density at radius 2 is 2.16 bits per heavy atom. The van der Waals surface area contributed by atoms with Crippen molar-refractivity contribution < 1.29 is 0 Å². The van der Waals surface area contributed by atoms with E-state index in [1.54, 1.807) is 0 Å². The second-order valence-electron chi connectivity index (χ2n) is 5.82. The van der Waals surface area contributed by atoms with Gasteiger partial charge in [-0.05, 0) is 44.5 Å². The van der Waals surface area contributed by atoms with E-state index in [0.717, 1.165) is 13.1 Å². The highest BCUT2D eigenvalue weighted by Gasteiger charge is 2.33. The van der Waals surface area contributed by atoms with Crippen LogP contribution in [0.25, 0.3) is 0 Å². The molecule has 106 valence electrons. The number of nitrogens with zero attached hydrogens (tertiary/aromatic N) is 1. The van der Waals surface area contributed by atoms with Gasteiger partial charge in [0.25, 0.3) is 0 Å². The summed E-state index contributed by atoms with van der Waals surface area (Å²) in [7, 11) is 2.23. The molecule has 0 aromatic heterocycles. The fourth-order valence-corrected chi connectivity index (χ4v) is 3.67.